The Morgan fingerprint density at radius 3 is 2.97 bits per heavy atom. The molecule has 0 spiro atoms. The molecule has 2 aliphatic rings. The zero-order valence-corrected chi connectivity index (χ0v) is 19.9. The molecule has 2 aliphatic heterocycles. The van der Waals surface area contributed by atoms with E-state index in [4.69, 9.17) is 10.6 Å². The maximum atomic E-state index is 13.0. The number of rotatable bonds is 7. The third-order valence-corrected chi connectivity index (χ3v) is 7.60. The van der Waals surface area contributed by atoms with Gasteiger partial charge in [0.05, 0.1) is 17.9 Å². The summed E-state index contributed by atoms with van der Waals surface area (Å²) in [4.78, 5) is 47.8. The molecule has 1 fully saturated rings. The molecule has 3 aromatic rings. The molecule has 2 amide bonds. The molecular formula is C21H19N7O5S2. The highest BCUT2D eigenvalue weighted by Crippen LogP contribution is 2.40. The summed E-state index contributed by atoms with van der Waals surface area (Å²) in [6.07, 6.45) is 7.49. The summed E-state index contributed by atoms with van der Waals surface area (Å²) in [6.45, 7) is 0.279. The van der Waals surface area contributed by atoms with E-state index in [0.29, 0.717) is 11.3 Å². The largest absolute Gasteiger partial charge is 0.543 e. The first-order valence-electron chi connectivity index (χ1n) is 10.3. The predicted octanol–water partition coefficient (Wildman–Crippen LogP) is -1.28. The van der Waals surface area contributed by atoms with Crippen LogP contribution in [-0.4, -0.2) is 62.1 Å². The average molecular weight is 514 g/mol. The van der Waals surface area contributed by atoms with Crippen LogP contribution >= 0.6 is 23.1 Å². The van der Waals surface area contributed by atoms with E-state index in [1.165, 1.54) is 23.8 Å². The minimum atomic E-state index is -1.44. The fraction of sp³-hybridized carbons (Fsp3) is 0.238. The normalized spacial score (nSPS) is 20.0. The molecule has 2 atom stereocenters. The first-order valence-corrected chi connectivity index (χ1v) is 12.3. The fourth-order valence-electron chi connectivity index (χ4n) is 4.04. The number of thiazole rings is 1. The van der Waals surface area contributed by atoms with Crippen LogP contribution in [0.1, 0.15) is 5.69 Å². The van der Waals surface area contributed by atoms with Crippen LogP contribution in [-0.2, 0) is 25.8 Å². The lowest BCUT2D eigenvalue weighted by molar-refractivity contribution is -0.688. The summed E-state index contributed by atoms with van der Waals surface area (Å²) < 4.78 is 3.79. The van der Waals surface area contributed by atoms with E-state index in [1.54, 1.807) is 5.38 Å². The second kappa shape index (κ2) is 9.03. The number of hydrogen-bond donors (Lipinski definition) is 2. The maximum Gasteiger partial charge on any atom is 0.276 e. The Morgan fingerprint density at radius 2 is 2.26 bits per heavy atom. The third kappa shape index (κ3) is 4.10. The Balaban J connectivity index is 1.36. The number of carbonyl (C=O) groups excluding carboxylic acids is 3. The quantitative estimate of drug-likeness (QED) is 0.171. The first kappa shape index (κ1) is 22.9. The van der Waals surface area contributed by atoms with Crippen LogP contribution in [0.15, 0.2) is 58.7 Å². The van der Waals surface area contributed by atoms with Gasteiger partial charge in [-0.15, -0.1) is 23.1 Å². The number of nitrogen functional groups attached to an aromatic ring is 1. The van der Waals surface area contributed by atoms with Crippen molar-refractivity contribution in [2.75, 3.05) is 18.6 Å². The van der Waals surface area contributed by atoms with Crippen molar-refractivity contribution in [1.29, 1.82) is 0 Å². The Bertz CT molecular complexity index is 1410. The summed E-state index contributed by atoms with van der Waals surface area (Å²) in [5.74, 6) is -2.32. The van der Waals surface area contributed by atoms with Gasteiger partial charge in [0.2, 0.25) is 0 Å². The van der Waals surface area contributed by atoms with Crippen LogP contribution < -0.4 is 20.7 Å². The second-order valence-corrected chi connectivity index (χ2v) is 9.73. The van der Waals surface area contributed by atoms with Gasteiger partial charge in [0.1, 0.15) is 29.7 Å². The first-order chi connectivity index (χ1) is 16.9. The zero-order valence-electron chi connectivity index (χ0n) is 18.3. The molecule has 5 heterocycles. The molecule has 5 rings (SSSR count). The van der Waals surface area contributed by atoms with E-state index in [9.17, 15) is 19.5 Å². The SMILES string of the molecule is CO/N=C(\C(=O)N[C@@H]1C(=O)N2C(C(=O)[O-])=C(C[n+]3ccn4cccc4c3)CS[C@H]12)c1csc(N)n1. The molecule has 0 unspecified atom stereocenters. The van der Waals surface area contributed by atoms with Gasteiger partial charge < -0.3 is 30.2 Å². The Hall–Kier alpha value is -3.91. The summed E-state index contributed by atoms with van der Waals surface area (Å²) in [5, 5.41) is 19.6. The summed E-state index contributed by atoms with van der Waals surface area (Å²) >= 11 is 2.49. The molecule has 3 N–H and O–H groups in total. The number of β-lactam (4-membered cyclic amide) rings is 1. The number of aliphatic carboxylic acids is 1. The van der Waals surface area contributed by atoms with Crippen molar-refractivity contribution < 1.29 is 28.9 Å². The number of anilines is 1. The number of nitrogens with one attached hydrogen (secondary N) is 1. The van der Waals surface area contributed by atoms with Gasteiger partial charge in [0.15, 0.2) is 29.8 Å². The van der Waals surface area contributed by atoms with E-state index < -0.39 is 29.2 Å². The van der Waals surface area contributed by atoms with Gasteiger partial charge >= 0.3 is 0 Å². The van der Waals surface area contributed by atoms with Crippen LogP contribution in [0, 0.1) is 0 Å². The van der Waals surface area contributed by atoms with E-state index in [2.05, 4.69) is 15.5 Å². The predicted molar refractivity (Wildman–Crippen MR) is 125 cm³/mol. The van der Waals surface area contributed by atoms with Gasteiger partial charge in [-0.25, -0.2) is 4.98 Å². The number of hydrogen-bond acceptors (Lipinski definition) is 10. The lowest BCUT2D eigenvalue weighted by Gasteiger charge is -2.50. The number of carboxylic acids is 1. The summed E-state index contributed by atoms with van der Waals surface area (Å²) in [6, 6.07) is 2.90. The van der Waals surface area contributed by atoms with E-state index in [0.717, 1.165) is 16.9 Å². The van der Waals surface area contributed by atoms with Crippen LogP contribution in [0.25, 0.3) is 5.52 Å². The second-order valence-electron chi connectivity index (χ2n) is 7.73. The van der Waals surface area contributed by atoms with Crippen molar-refractivity contribution >= 4 is 57.2 Å². The van der Waals surface area contributed by atoms with Crippen LogP contribution in [0.4, 0.5) is 5.13 Å². The summed E-state index contributed by atoms with van der Waals surface area (Å²) in [5.41, 5.74) is 7.04. The molecule has 12 nitrogen and oxygen atoms in total. The number of nitrogens with zero attached hydrogens (tertiary/aromatic N) is 5. The zero-order chi connectivity index (χ0) is 24.7. The molecule has 1 saturated heterocycles. The Kier molecular flexibility index (Phi) is 5.90. The molecule has 180 valence electrons. The molecule has 0 radical (unpaired) electrons. The Labute approximate surface area is 206 Å². The summed E-state index contributed by atoms with van der Waals surface area (Å²) in [7, 11) is 1.28. The van der Waals surface area contributed by atoms with Crippen LogP contribution in [0.3, 0.4) is 0 Å². The van der Waals surface area contributed by atoms with Crippen molar-refractivity contribution in [3.8, 4) is 0 Å². The van der Waals surface area contributed by atoms with Crippen molar-refractivity contribution in [2.24, 2.45) is 5.16 Å². The average Bonchev–Trinajstić information content (AvgIpc) is 3.48. The number of oxime groups is 1. The number of carbonyl (C=O) groups is 3. The van der Waals surface area contributed by atoms with Crippen molar-refractivity contribution in [1.82, 2.24) is 19.6 Å². The molecule has 14 heteroatoms. The van der Waals surface area contributed by atoms with Gasteiger partial charge in [-0.05, 0) is 12.1 Å². The van der Waals surface area contributed by atoms with Gasteiger partial charge in [-0.2, -0.15) is 4.57 Å². The van der Waals surface area contributed by atoms with Crippen LogP contribution in [0.5, 0.6) is 0 Å². The van der Waals surface area contributed by atoms with Crippen molar-refractivity contribution in [3.05, 3.63) is 59.3 Å². The third-order valence-electron chi connectivity index (χ3n) is 5.59. The molecular weight excluding hydrogens is 494 g/mol. The highest BCUT2D eigenvalue weighted by atomic mass is 32.2. The molecule has 35 heavy (non-hydrogen) atoms. The number of thioether (sulfide) groups is 1. The van der Waals surface area contributed by atoms with Gasteiger partial charge in [-0.1, -0.05) is 5.16 Å². The van der Waals surface area contributed by atoms with Gasteiger partial charge in [-0.3, -0.25) is 14.5 Å². The maximum absolute atomic E-state index is 13.0. The number of fused-ring (bicyclic) bond motifs is 2. The fourth-order valence-corrected chi connectivity index (χ4v) is 5.92. The molecule has 0 aromatic carbocycles. The number of amides is 2. The lowest BCUT2D eigenvalue weighted by atomic mass is 10.0. The molecule has 0 aliphatic carbocycles. The minimum absolute atomic E-state index is 0.138. The molecule has 3 aromatic heterocycles. The minimum Gasteiger partial charge on any atom is -0.543 e. The number of nitrogens with two attached hydrogens (primary N) is 1. The van der Waals surface area contributed by atoms with Crippen molar-refractivity contribution in [2.45, 2.75) is 18.0 Å². The van der Waals surface area contributed by atoms with Gasteiger partial charge in [0, 0.05) is 22.9 Å². The topological polar surface area (TPSA) is 158 Å². The molecule has 0 bridgehead atoms. The monoisotopic (exact) mass is 513 g/mol. The van der Waals surface area contributed by atoms with Crippen molar-refractivity contribution in [3.63, 3.8) is 0 Å². The smallest absolute Gasteiger partial charge is 0.276 e. The van der Waals surface area contributed by atoms with E-state index in [-0.39, 0.29) is 28.8 Å². The van der Waals surface area contributed by atoms with E-state index in [1.807, 2.05) is 45.9 Å². The van der Waals surface area contributed by atoms with Crippen LogP contribution in [0.2, 0.25) is 0 Å². The molecule has 0 saturated carbocycles. The standard InChI is InChI=1S/C21H19N7O5S2/c1-33-25-14(13-10-35-21(22)23-13)17(29)24-15-18(30)28-16(20(31)32)11(9-34-19(15)28)7-26-5-6-27-4-2-3-12(27)8-26/h2-6,8,10,15,19H,7,9H2,1H3,(H3-,22,23,24,29,31,32)/b25-14-/t15-,19-/m1/s1. The van der Waals surface area contributed by atoms with Gasteiger partial charge in [0.25, 0.3) is 11.8 Å². The Morgan fingerprint density at radius 1 is 1.43 bits per heavy atom. The number of carboxylic acid groups (broad SMARTS) is 1. The highest BCUT2D eigenvalue weighted by molar-refractivity contribution is 8.00. The highest BCUT2D eigenvalue weighted by Gasteiger charge is 2.53. The van der Waals surface area contributed by atoms with E-state index >= 15 is 0 Å². The number of aromatic nitrogens is 3. The lowest BCUT2D eigenvalue weighted by Crippen LogP contribution is -2.71.